The molecule has 1 aromatic heterocycles. The van der Waals surface area contributed by atoms with E-state index in [1.54, 1.807) is 29.6 Å². The average Bonchev–Trinajstić information content (AvgIpc) is 3.26. The minimum atomic E-state index is -4.91. The first-order valence-electron chi connectivity index (χ1n) is 9.68. The number of rotatable bonds is 8. The normalized spacial score (nSPS) is 12.9. The second-order valence-electron chi connectivity index (χ2n) is 6.66. The second kappa shape index (κ2) is 10.4. The molecule has 1 aromatic carbocycles. The molecule has 1 amide bonds. The Labute approximate surface area is 187 Å². The van der Waals surface area contributed by atoms with Crippen molar-refractivity contribution in [3.63, 3.8) is 0 Å². The van der Waals surface area contributed by atoms with E-state index in [4.69, 9.17) is 16.0 Å². The average molecular weight is 460 g/mol. The van der Waals surface area contributed by atoms with Gasteiger partial charge in [-0.2, -0.15) is 13.2 Å². The Kier molecular flexibility index (Phi) is 7.45. The predicted octanol–water partition coefficient (Wildman–Crippen LogP) is 3.39. The van der Waals surface area contributed by atoms with Crippen molar-refractivity contribution in [1.29, 1.82) is 0 Å². The van der Waals surface area contributed by atoms with E-state index >= 15 is 0 Å². The molecule has 0 atom stereocenters. The zero-order valence-corrected chi connectivity index (χ0v) is 17.4. The van der Waals surface area contributed by atoms with Crippen molar-refractivity contribution in [1.82, 2.24) is 15.3 Å². The van der Waals surface area contributed by atoms with Gasteiger partial charge in [-0.25, -0.2) is 4.98 Å². The molecule has 0 aliphatic carbocycles. The van der Waals surface area contributed by atoms with Gasteiger partial charge in [0.1, 0.15) is 17.3 Å². The van der Waals surface area contributed by atoms with Gasteiger partial charge in [0, 0.05) is 6.54 Å². The molecule has 2 N–H and O–H groups in total. The number of methoxy groups -OCH3 is 1. The van der Waals surface area contributed by atoms with Crippen molar-refractivity contribution in [2.45, 2.75) is 12.6 Å². The fourth-order valence-corrected chi connectivity index (χ4v) is 2.90. The third kappa shape index (κ3) is 6.19. The Bertz CT molecular complexity index is 1110. The second-order valence-corrected chi connectivity index (χ2v) is 6.66. The van der Waals surface area contributed by atoms with Crippen LogP contribution in [-0.4, -0.2) is 54.7 Å². The van der Waals surface area contributed by atoms with Crippen molar-refractivity contribution in [2.75, 3.05) is 32.1 Å². The summed E-state index contributed by atoms with van der Waals surface area (Å²) in [6, 6.07) is 5.20. The summed E-state index contributed by atoms with van der Waals surface area (Å²) in [6.07, 6.45) is -0.166. The topological polar surface area (TPSA) is 102 Å². The molecule has 0 saturated carbocycles. The molecular formula is C21H19F3N6O3. The summed E-state index contributed by atoms with van der Waals surface area (Å²) in [4.78, 5) is 26.5. The van der Waals surface area contributed by atoms with Crippen LogP contribution in [0.4, 0.5) is 24.8 Å². The maximum Gasteiger partial charge on any atom is 0.471 e. The number of ether oxygens (including phenoxy) is 2. The number of aliphatic imine (C=N–C) groups is 1. The van der Waals surface area contributed by atoms with Crippen LogP contribution in [0.1, 0.15) is 12.0 Å². The lowest BCUT2D eigenvalue weighted by atomic mass is 10.0. The number of hydrogen-bond acceptors (Lipinski definition) is 7. The number of carbonyl (C=O) groups excluding carboxylic acids is 1. The highest BCUT2D eigenvalue weighted by Crippen LogP contribution is 2.36. The Hall–Kier alpha value is -4.14. The molecule has 2 aromatic rings. The van der Waals surface area contributed by atoms with E-state index in [9.17, 15) is 18.0 Å². The number of aromatic nitrogens is 2. The molecule has 0 fully saturated rings. The van der Waals surface area contributed by atoms with Gasteiger partial charge in [0.25, 0.3) is 5.82 Å². The summed E-state index contributed by atoms with van der Waals surface area (Å²) in [7, 11) is 1.51. The molecule has 0 saturated heterocycles. The van der Waals surface area contributed by atoms with Crippen LogP contribution in [-0.2, 0) is 4.79 Å². The summed E-state index contributed by atoms with van der Waals surface area (Å²) in [5.41, 5.74) is 1.45. The number of benzene rings is 1. The smallest absolute Gasteiger partial charge is 0.471 e. The molecule has 0 bridgehead atoms. The van der Waals surface area contributed by atoms with Crippen LogP contribution >= 0.6 is 0 Å². The molecular weight excluding hydrogens is 441 g/mol. The van der Waals surface area contributed by atoms with Crippen LogP contribution in [0, 0.1) is 6.57 Å². The molecule has 9 nitrogen and oxygen atoms in total. The minimum absolute atomic E-state index is 0.0839. The molecule has 0 radical (unpaired) electrons. The maximum atomic E-state index is 12.2. The third-order valence-electron chi connectivity index (χ3n) is 4.39. The lowest BCUT2D eigenvalue weighted by Gasteiger charge is -2.15. The Morgan fingerprint density at radius 3 is 2.70 bits per heavy atom. The van der Waals surface area contributed by atoms with Gasteiger partial charge in [-0.1, -0.05) is 12.6 Å². The van der Waals surface area contributed by atoms with E-state index in [0.717, 1.165) is 5.57 Å². The molecule has 3 rings (SSSR count). The Morgan fingerprint density at radius 2 is 2.03 bits per heavy atom. The van der Waals surface area contributed by atoms with Crippen molar-refractivity contribution in [3.05, 3.63) is 53.6 Å². The standard InChI is InChI=1S/C21H19F3N6O3/c1-25-17-11-29-18(12-28-17)30-16-9-13(10-27-16)19-14(32-2)5-3-6-15(19)33-8-4-7-26-20(31)21(22,23)24/h3,5-6,9,11-12H,4,7-8,10H2,2H3,(H,26,31)(H,27,29,30). The molecule has 0 spiro atoms. The summed E-state index contributed by atoms with van der Waals surface area (Å²) < 4.78 is 47.9. The van der Waals surface area contributed by atoms with Crippen LogP contribution in [0.2, 0.25) is 0 Å². The van der Waals surface area contributed by atoms with Gasteiger partial charge in [-0.3, -0.25) is 9.79 Å². The van der Waals surface area contributed by atoms with Gasteiger partial charge >= 0.3 is 12.1 Å². The van der Waals surface area contributed by atoms with Crippen LogP contribution in [0.25, 0.3) is 10.4 Å². The molecule has 12 heteroatoms. The Balaban J connectivity index is 1.65. The SMILES string of the molecule is [C-]#[N+]c1cnc(NC2=NCC(c3c(OC)cccc3OCCCNC(=O)C(F)(F)F)=C2)cn1. The fourth-order valence-electron chi connectivity index (χ4n) is 2.90. The highest BCUT2D eigenvalue weighted by atomic mass is 19.4. The number of hydrogen-bond donors (Lipinski definition) is 2. The lowest BCUT2D eigenvalue weighted by Crippen LogP contribution is -2.37. The van der Waals surface area contributed by atoms with E-state index < -0.39 is 12.1 Å². The van der Waals surface area contributed by atoms with E-state index in [0.29, 0.717) is 35.3 Å². The first-order valence-corrected chi connectivity index (χ1v) is 9.68. The molecule has 172 valence electrons. The molecule has 1 aliphatic rings. The number of amides is 1. The van der Waals surface area contributed by atoms with E-state index in [1.165, 1.54) is 19.5 Å². The van der Waals surface area contributed by atoms with E-state index in [-0.39, 0.29) is 25.4 Å². The van der Waals surface area contributed by atoms with Crippen LogP contribution in [0.15, 0.2) is 41.7 Å². The number of carbonyl (C=O) groups is 1. The van der Waals surface area contributed by atoms with Crippen LogP contribution < -0.4 is 20.1 Å². The lowest BCUT2D eigenvalue weighted by molar-refractivity contribution is -0.173. The summed E-state index contributed by atoms with van der Waals surface area (Å²) >= 11 is 0. The number of nitrogens with one attached hydrogen (secondary N) is 2. The van der Waals surface area contributed by atoms with Gasteiger partial charge in [0.05, 0.1) is 32.0 Å². The van der Waals surface area contributed by atoms with Gasteiger partial charge in [0.2, 0.25) is 0 Å². The van der Waals surface area contributed by atoms with Gasteiger partial charge in [-0.05, 0) is 30.2 Å². The zero-order chi connectivity index (χ0) is 23.8. The molecule has 1 aliphatic heterocycles. The number of alkyl halides is 3. The van der Waals surface area contributed by atoms with Crippen molar-refractivity contribution < 1.29 is 27.4 Å². The summed E-state index contributed by atoms with van der Waals surface area (Å²) in [6.45, 7) is 7.15. The number of anilines is 1. The number of nitrogens with zero attached hydrogens (tertiary/aromatic N) is 4. The quantitative estimate of drug-likeness (QED) is 0.463. The van der Waals surface area contributed by atoms with Gasteiger partial charge in [-0.15, -0.1) is 4.98 Å². The first-order chi connectivity index (χ1) is 15.8. The number of amidine groups is 1. The third-order valence-corrected chi connectivity index (χ3v) is 4.39. The fraction of sp³-hybridized carbons (Fsp3) is 0.286. The maximum absolute atomic E-state index is 12.2. The monoisotopic (exact) mass is 460 g/mol. The number of halogens is 3. The van der Waals surface area contributed by atoms with Crippen LogP contribution in [0.5, 0.6) is 11.5 Å². The minimum Gasteiger partial charge on any atom is -0.496 e. The highest BCUT2D eigenvalue weighted by Gasteiger charge is 2.38. The van der Waals surface area contributed by atoms with Crippen LogP contribution in [0.3, 0.4) is 0 Å². The van der Waals surface area contributed by atoms with Crippen molar-refractivity contribution >= 4 is 29.0 Å². The van der Waals surface area contributed by atoms with Crippen molar-refractivity contribution in [3.8, 4) is 11.5 Å². The van der Waals surface area contributed by atoms with E-state index in [2.05, 4.69) is 25.1 Å². The largest absolute Gasteiger partial charge is 0.496 e. The van der Waals surface area contributed by atoms with E-state index in [1.807, 2.05) is 0 Å². The van der Waals surface area contributed by atoms with Crippen molar-refractivity contribution in [2.24, 2.45) is 4.99 Å². The first kappa shape index (κ1) is 23.5. The zero-order valence-electron chi connectivity index (χ0n) is 17.4. The molecule has 33 heavy (non-hydrogen) atoms. The Morgan fingerprint density at radius 1 is 1.24 bits per heavy atom. The predicted molar refractivity (Wildman–Crippen MR) is 114 cm³/mol. The summed E-state index contributed by atoms with van der Waals surface area (Å²) in [5.74, 6) is 0.171. The summed E-state index contributed by atoms with van der Waals surface area (Å²) in [5, 5.41) is 4.82. The van der Waals surface area contributed by atoms with Gasteiger partial charge in [0.15, 0.2) is 12.0 Å². The molecule has 0 unspecified atom stereocenters. The highest BCUT2D eigenvalue weighted by molar-refractivity contribution is 6.11. The molecule has 2 heterocycles. The van der Waals surface area contributed by atoms with Gasteiger partial charge < -0.3 is 25.0 Å².